The van der Waals surface area contributed by atoms with Crippen LogP contribution in [0.5, 0.6) is 5.75 Å². The van der Waals surface area contributed by atoms with Crippen LogP contribution in [0.3, 0.4) is 0 Å². The Bertz CT molecular complexity index is 628. The zero-order valence-corrected chi connectivity index (χ0v) is 13.9. The first kappa shape index (κ1) is 16.2. The smallest absolute Gasteiger partial charge is 0.122 e. The zero-order valence-electron chi connectivity index (χ0n) is 12.4. The van der Waals surface area contributed by atoms with Crippen molar-refractivity contribution in [2.75, 3.05) is 13.7 Å². The van der Waals surface area contributed by atoms with E-state index in [9.17, 15) is 0 Å². The second-order valence-electron chi connectivity index (χ2n) is 4.89. The Balaban J connectivity index is 2.44. The molecule has 112 valence electrons. The normalized spacial score (nSPS) is 12.2. The minimum Gasteiger partial charge on any atom is -0.496 e. The largest absolute Gasteiger partial charge is 0.496 e. The Morgan fingerprint density at radius 1 is 1.05 bits per heavy atom. The molecule has 0 aromatic heterocycles. The van der Waals surface area contributed by atoms with Gasteiger partial charge in [0.15, 0.2) is 0 Å². The highest BCUT2D eigenvalue weighted by molar-refractivity contribution is 6.42. The Morgan fingerprint density at radius 2 is 1.71 bits per heavy atom. The average Bonchev–Trinajstić information content (AvgIpc) is 2.48. The molecule has 2 aromatic carbocycles. The number of methoxy groups -OCH3 is 1. The minimum atomic E-state index is 0.0549. The summed E-state index contributed by atoms with van der Waals surface area (Å²) < 4.78 is 5.42. The van der Waals surface area contributed by atoms with Crippen molar-refractivity contribution in [1.29, 1.82) is 0 Å². The summed E-state index contributed by atoms with van der Waals surface area (Å²) in [6, 6.07) is 12.0. The van der Waals surface area contributed by atoms with Gasteiger partial charge in [-0.05, 0) is 48.4 Å². The van der Waals surface area contributed by atoms with Crippen LogP contribution in [0, 0.1) is 6.92 Å². The number of nitrogens with one attached hydrogen (secondary N) is 1. The molecule has 2 nitrogen and oxygen atoms in total. The maximum absolute atomic E-state index is 6.14. The summed E-state index contributed by atoms with van der Waals surface area (Å²) in [5.74, 6) is 0.885. The number of hydrogen-bond donors (Lipinski definition) is 1. The molecule has 1 atom stereocenters. The first-order valence-electron chi connectivity index (χ1n) is 6.89. The summed E-state index contributed by atoms with van der Waals surface area (Å²) in [6.45, 7) is 4.96. The third-order valence-corrected chi connectivity index (χ3v) is 4.19. The van der Waals surface area contributed by atoms with E-state index in [0.29, 0.717) is 10.0 Å². The van der Waals surface area contributed by atoms with Crippen molar-refractivity contribution in [3.63, 3.8) is 0 Å². The van der Waals surface area contributed by atoms with Gasteiger partial charge in [0.1, 0.15) is 5.75 Å². The van der Waals surface area contributed by atoms with Crippen molar-refractivity contribution >= 4 is 23.2 Å². The van der Waals surface area contributed by atoms with Gasteiger partial charge in [-0.2, -0.15) is 0 Å². The molecule has 0 heterocycles. The van der Waals surface area contributed by atoms with Gasteiger partial charge in [0.2, 0.25) is 0 Å². The molecule has 0 radical (unpaired) electrons. The molecule has 4 heteroatoms. The molecule has 0 aliphatic heterocycles. The van der Waals surface area contributed by atoms with Crippen LogP contribution in [0.15, 0.2) is 36.4 Å². The number of halogens is 2. The van der Waals surface area contributed by atoms with Crippen molar-refractivity contribution < 1.29 is 4.74 Å². The summed E-state index contributed by atoms with van der Waals surface area (Å²) in [7, 11) is 1.69. The molecule has 21 heavy (non-hydrogen) atoms. The molecule has 0 saturated carbocycles. The van der Waals surface area contributed by atoms with Crippen molar-refractivity contribution in [2.45, 2.75) is 19.9 Å². The molecular formula is C17H19Cl2NO. The van der Waals surface area contributed by atoms with Crippen molar-refractivity contribution in [3.05, 3.63) is 63.1 Å². The molecule has 2 aromatic rings. The lowest BCUT2D eigenvalue weighted by molar-refractivity contribution is 0.410. The number of benzene rings is 2. The van der Waals surface area contributed by atoms with E-state index in [-0.39, 0.29) is 6.04 Å². The lowest BCUT2D eigenvalue weighted by atomic mass is 9.97. The molecule has 1 unspecified atom stereocenters. The van der Waals surface area contributed by atoms with Gasteiger partial charge in [-0.15, -0.1) is 0 Å². The highest BCUT2D eigenvalue weighted by atomic mass is 35.5. The third-order valence-electron chi connectivity index (χ3n) is 3.45. The van der Waals surface area contributed by atoms with Crippen molar-refractivity contribution in [2.24, 2.45) is 0 Å². The van der Waals surface area contributed by atoms with E-state index < -0.39 is 0 Å². The van der Waals surface area contributed by atoms with Crippen LogP contribution in [0.1, 0.15) is 29.7 Å². The van der Waals surface area contributed by atoms with E-state index >= 15 is 0 Å². The first-order valence-corrected chi connectivity index (χ1v) is 7.65. The van der Waals surface area contributed by atoms with Crippen LogP contribution < -0.4 is 10.1 Å². The van der Waals surface area contributed by atoms with E-state index in [2.05, 4.69) is 30.4 Å². The van der Waals surface area contributed by atoms with Crippen molar-refractivity contribution in [3.8, 4) is 5.75 Å². The molecule has 0 bridgehead atoms. The minimum absolute atomic E-state index is 0.0549. The van der Waals surface area contributed by atoms with Crippen LogP contribution in [0.2, 0.25) is 10.0 Å². The molecule has 1 N–H and O–H groups in total. The molecule has 0 aliphatic carbocycles. The Labute approximate surface area is 136 Å². The maximum Gasteiger partial charge on any atom is 0.122 e. The van der Waals surface area contributed by atoms with E-state index in [1.807, 2.05) is 25.1 Å². The van der Waals surface area contributed by atoms with Gasteiger partial charge in [-0.1, -0.05) is 48.3 Å². The standard InChI is InChI=1S/C17H19Cl2NO/c1-4-20-17(12-7-8-14(18)15(19)9-12)13-6-5-11(2)16(10-13)21-3/h5-10,17,20H,4H2,1-3H3. The second-order valence-corrected chi connectivity index (χ2v) is 5.71. The summed E-state index contributed by atoms with van der Waals surface area (Å²) in [4.78, 5) is 0. The van der Waals surface area contributed by atoms with Crippen LogP contribution in [-0.2, 0) is 0 Å². The van der Waals surface area contributed by atoms with Crippen LogP contribution in [-0.4, -0.2) is 13.7 Å². The first-order chi connectivity index (χ1) is 10.1. The van der Waals surface area contributed by atoms with Crippen LogP contribution in [0.4, 0.5) is 0 Å². The summed E-state index contributed by atoms with van der Waals surface area (Å²) in [5, 5.41) is 4.61. The molecular weight excluding hydrogens is 305 g/mol. The lowest BCUT2D eigenvalue weighted by Gasteiger charge is -2.20. The van der Waals surface area contributed by atoms with Crippen LogP contribution in [0.25, 0.3) is 0 Å². The number of aryl methyl sites for hydroxylation is 1. The van der Waals surface area contributed by atoms with Gasteiger partial charge in [0.05, 0.1) is 23.2 Å². The fourth-order valence-corrected chi connectivity index (χ4v) is 2.65. The monoisotopic (exact) mass is 323 g/mol. The van der Waals surface area contributed by atoms with E-state index in [4.69, 9.17) is 27.9 Å². The molecule has 0 spiro atoms. The Kier molecular flexibility index (Phi) is 5.51. The van der Waals surface area contributed by atoms with Gasteiger partial charge in [0, 0.05) is 0 Å². The predicted molar refractivity (Wildman–Crippen MR) is 89.7 cm³/mol. The molecule has 0 saturated heterocycles. The fourth-order valence-electron chi connectivity index (χ4n) is 2.34. The quantitative estimate of drug-likeness (QED) is 0.835. The number of rotatable bonds is 5. The van der Waals surface area contributed by atoms with Gasteiger partial charge in [-0.25, -0.2) is 0 Å². The summed E-state index contributed by atoms with van der Waals surface area (Å²) >= 11 is 12.1. The van der Waals surface area contributed by atoms with Gasteiger partial charge in [0.25, 0.3) is 0 Å². The fraction of sp³-hybridized carbons (Fsp3) is 0.294. The third kappa shape index (κ3) is 3.70. The molecule has 0 fully saturated rings. The number of ether oxygens (including phenoxy) is 1. The SMILES string of the molecule is CCNC(c1ccc(Cl)c(Cl)c1)c1ccc(C)c(OC)c1. The molecule has 2 rings (SSSR count). The lowest BCUT2D eigenvalue weighted by Crippen LogP contribution is -2.22. The van der Waals surface area contributed by atoms with Crippen LogP contribution >= 0.6 is 23.2 Å². The van der Waals surface area contributed by atoms with Crippen molar-refractivity contribution in [1.82, 2.24) is 5.32 Å². The highest BCUT2D eigenvalue weighted by Crippen LogP contribution is 2.31. The molecule has 0 amide bonds. The summed E-state index contributed by atoms with van der Waals surface area (Å²) in [6.07, 6.45) is 0. The van der Waals surface area contributed by atoms with E-state index in [0.717, 1.165) is 29.0 Å². The average molecular weight is 324 g/mol. The van der Waals surface area contributed by atoms with E-state index in [1.165, 1.54) is 0 Å². The maximum atomic E-state index is 6.14. The molecule has 0 aliphatic rings. The van der Waals surface area contributed by atoms with Gasteiger partial charge < -0.3 is 10.1 Å². The zero-order chi connectivity index (χ0) is 15.4. The topological polar surface area (TPSA) is 21.3 Å². The van der Waals surface area contributed by atoms with E-state index in [1.54, 1.807) is 7.11 Å². The second kappa shape index (κ2) is 7.17. The number of hydrogen-bond acceptors (Lipinski definition) is 2. The summed E-state index contributed by atoms with van der Waals surface area (Å²) in [5.41, 5.74) is 3.33. The van der Waals surface area contributed by atoms with Gasteiger partial charge >= 0.3 is 0 Å². The predicted octanol–water partition coefficient (Wildman–Crippen LogP) is 5.01. The Hall–Kier alpha value is -1.22. The highest BCUT2D eigenvalue weighted by Gasteiger charge is 2.15. The Morgan fingerprint density at radius 3 is 2.33 bits per heavy atom. The van der Waals surface area contributed by atoms with Gasteiger partial charge in [-0.3, -0.25) is 0 Å².